The van der Waals surface area contributed by atoms with Crippen molar-refractivity contribution in [3.63, 3.8) is 0 Å². The molecule has 0 radical (unpaired) electrons. The lowest BCUT2D eigenvalue weighted by Gasteiger charge is -2.18. The Morgan fingerprint density at radius 2 is 2.21 bits per heavy atom. The van der Waals surface area contributed by atoms with Crippen LogP contribution in [0, 0.1) is 5.92 Å². The van der Waals surface area contributed by atoms with Gasteiger partial charge in [-0.25, -0.2) is 4.68 Å². The maximum atomic E-state index is 12.5. The fourth-order valence-corrected chi connectivity index (χ4v) is 2.95. The first-order chi connectivity index (χ1) is 11.6. The van der Waals surface area contributed by atoms with Crippen molar-refractivity contribution >= 4 is 17.3 Å². The van der Waals surface area contributed by atoms with Crippen LogP contribution in [0.15, 0.2) is 41.3 Å². The summed E-state index contributed by atoms with van der Waals surface area (Å²) >= 11 is 0. The molecular weight excluding hydrogens is 304 g/mol. The molecule has 0 aliphatic carbocycles. The Bertz CT molecular complexity index is 800. The zero-order valence-electron chi connectivity index (χ0n) is 14.0. The SMILES string of the molecule is CCc1cccc(NC(=O)C2CCN(c3cnn(C)c(=O)c3)C2)c1. The van der Waals surface area contributed by atoms with E-state index in [2.05, 4.69) is 23.4 Å². The van der Waals surface area contributed by atoms with Gasteiger partial charge in [-0.3, -0.25) is 9.59 Å². The number of aromatic nitrogens is 2. The van der Waals surface area contributed by atoms with Gasteiger partial charge in [0.2, 0.25) is 5.91 Å². The number of carbonyl (C=O) groups excluding carboxylic acids is 1. The number of rotatable bonds is 4. The van der Waals surface area contributed by atoms with Crippen LogP contribution in [-0.2, 0) is 18.3 Å². The average Bonchev–Trinajstić information content (AvgIpc) is 3.08. The van der Waals surface area contributed by atoms with E-state index < -0.39 is 0 Å². The van der Waals surface area contributed by atoms with E-state index in [1.165, 1.54) is 10.2 Å². The summed E-state index contributed by atoms with van der Waals surface area (Å²) in [5.41, 5.74) is 2.68. The number of anilines is 2. The second-order valence-corrected chi connectivity index (χ2v) is 6.15. The molecule has 1 fully saturated rings. The molecule has 1 aliphatic rings. The second kappa shape index (κ2) is 6.86. The van der Waals surface area contributed by atoms with Crippen molar-refractivity contribution in [2.24, 2.45) is 13.0 Å². The maximum Gasteiger partial charge on any atom is 0.268 e. The molecule has 1 aromatic carbocycles. The smallest absolute Gasteiger partial charge is 0.268 e. The molecule has 1 N–H and O–H groups in total. The highest BCUT2D eigenvalue weighted by Gasteiger charge is 2.29. The summed E-state index contributed by atoms with van der Waals surface area (Å²) in [7, 11) is 1.62. The molecule has 6 heteroatoms. The molecule has 1 atom stereocenters. The summed E-state index contributed by atoms with van der Waals surface area (Å²) < 4.78 is 1.30. The van der Waals surface area contributed by atoms with Gasteiger partial charge in [0.25, 0.3) is 5.56 Å². The van der Waals surface area contributed by atoms with Crippen LogP contribution in [0.5, 0.6) is 0 Å². The van der Waals surface area contributed by atoms with Gasteiger partial charge in [-0.15, -0.1) is 0 Å². The first-order valence-corrected chi connectivity index (χ1v) is 8.25. The number of nitrogens with one attached hydrogen (secondary N) is 1. The van der Waals surface area contributed by atoms with Crippen molar-refractivity contribution in [1.29, 1.82) is 0 Å². The molecular formula is C18H22N4O2. The maximum absolute atomic E-state index is 12.5. The molecule has 1 amide bonds. The molecule has 0 saturated carbocycles. The van der Waals surface area contributed by atoms with E-state index in [0.29, 0.717) is 6.54 Å². The third kappa shape index (κ3) is 3.48. The fourth-order valence-electron chi connectivity index (χ4n) is 2.95. The van der Waals surface area contributed by atoms with Crippen LogP contribution in [0.1, 0.15) is 18.9 Å². The number of benzene rings is 1. The molecule has 1 unspecified atom stereocenters. The molecule has 0 spiro atoms. The molecule has 3 rings (SSSR count). The molecule has 0 bridgehead atoms. The summed E-state index contributed by atoms with van der Waals surface area (Å²) in [6.07, 6.45) is 3.39. The molecule has 6 nitrogen and oxygen atoms in total. The number of hydrogen-bond acceptors (Lipinski definition) is 4. The van der Waals surface area contributed by atoms with E-state index in [-0.39, 0.29) is 17.4 Å². The Hall–Kier alpha value is -2.63. The van der Waals surface area contributed by atoms with Crippen LogP contribution in [0.25, 0.3) is 0 Å². The lowest BCUT2D eigenvalue weighted by Crippen LogP contribution is -2.28. The Labute approximate surface area is 141 Å². The minimum atomic E-state index is -0.142. The van der Waals surface area contributed by atoms with Gasteiger partial charge in [-0.2, -0.15) is 5.10 Å². The van der Waals surface area contributed by atoms with Gasteiger partial charge in [-0.05, 0) is 30.5 Å². The highest BCUT2D eigenvalue weighted by molar-refractivity contribution is 5.93. The highest BCUT2D eigenvalue weighted by atomic mass is 16.2. The van der Waals surface area contributed by atoms with Gasteiger partial charge in [0, 0.05) is 31.9 Å². The van der Waals surface area contributed by atoms with Gasteiger partial charge in [0.1, 0.15) is 0 Å². The molecule has 1 aliphatic heterocycles. The molecule has 1 saturated heterocycles. The molecule has 2 heterocycles. The summed E-state index contributed by atoms with van der Waals surface area (Å²) in [6, 6.07) is 9.50. The van der Waals surface area contributed by atoms with E-state index in [9.17, 15) is 9.59 Å². The fraction of sp³-hybridized carbons (Fsp3) is 0.389. The minimum absolute atomic E-state index is 0.0301. The molecule has 1 aromatic heterocycles. The van der Waals surface area contributed by atoms with Crippen LogP contribution in [-0.4, -0.2) is 28.8 Å². The number of amides is 1. The van der Waals surface area contributed by atoms with E-state index in [1.54, 1.807) is 19.3 Å². The third-order valence-electron chi connectivity index (χ3n) is 4.48. The predicted molar refractivity (Wildman–Crippen MR) is 94.2 cm³/mol. The lowest BCUT2D eigenvalue weighted by molar-refractivity contribution is -0.119. The van der Waals surface area contributed by atoms with E-state index in [1.807, 2.05) is 23.1 Å². The average molecular weight is 326 g/mol. The van der Waals surface area contributed by atoms with E-state index in [4.69, 9.17) is 0 Å². The van der Waals surface area contributed by atoms with Crippen LogP contribution in [0.4, 0.5) is 11.4 Å². The highest BCUT2D eigenvalue weighted by Crippen LogP contribution is 2.23. The number of carbonyl (C=O) groups is 1. The number of hydrogen-bond donors (Lipinski definition) is 1. The van der Waals surface area contributed by atoms with Crippen molar-refractivity contribution in [3.05, 3.63) is 52.4 Å². The van der Waals surface area contributed by atoms with Crippen molar-refractivity contribution < 1.29 is 4.79 Å². The molecule has 2 aromatic rings. The number of aryl methyl sites for hydroxylation is 2. The zero-order valence-corrected chi connectivity index (χ0v) is 14.0. The van der Waals surface area contributed by atoms with Gasteiger partial charge in [0.05, 0.1) is 17.8 Å². The Balaban J connectivity index is 1.65. The van der Waals surface area contributed by atoms with Crippen molar-refractivity contribution in [2.45, 2.75) is 19.8 Å². The van der Waals surface area contributed by atoms with Crippen molar-refractivity contribution in [2.75, 3.05) is 23.3 Å². The van der Waals surface area contributed by atoms with Crippen LogP contribution < -0.4 is 15.8 Å². The van der Waals surface area contributed by atoms with Crippen molar-refractivity contribution in [1.82, 2.24) is 9.78 Å². The van der Waals surface area contributed by atoms with Crippen LogP contribution in [0.3, 0.4) is 0 Å². The van der Waals surface area contributed by atoms with E-state index >= 15 is 0 Å². The standard InChI is InChI=1S/C18H22N4O2/c1-3-13-5-4-6-15(9-13)20-18(24)14-7-8-22(12-14)16-10-17(23)21(2)19-11-16/h4-6,9-11,14H,3,7-8,12H2,1-2H3,(H,20,24). The quantitative estimate of drug-likeness (QED) is 0.930. The van der Waals surface area contributed by atoms with Crippen LogP contribution in [0.2, 0.25) is 0 Å². The van der Waals surface area contributed by atoms with Crippen molar-refractivity contribution in [3.8, 4) is 0 Å². The summed E-state index contributed by atoms with van der Waals surface area (Å²) in [4.78, 5) is 26.2. The topological polar surface area (TPSA) is 67.2 Å². The van der Waals surface area contributed by atoms with E-state index in [0.717, 1.165) is 30.8 Å². The van der Waals surface area contributed by atoms with Gasteiger partial charge < -0.3 is 10.2 Å². The first-order valence-electron chi connectivity index (χ1n) is 8.25. The van der Waals surface area contributed by atoms with Crippen LogP contribution >= 0.6 is 0 Å². The first kappa shape index (κ1) is 16.2. The molecule has 126 valence electrons. The van der Waals surface area contributed by atoms with Gasteiger partial charge in [-0.1, -0.05) is 19.1 Å². The zero-order chi connectivity index (χ0) is 17.1. The summed E-state index contributed by atoms with van der Waals surface area (Å²) in [5, 5.41) is 7.05. The number of nitrogens with zero attached hydrogens (tertiary/aromatic N) is 3. The van der Waals surface area contributed by atoms with Gasteiger partial charge >= 0.3 is 0 Å². The largest absolute Gasteiger partial charge is 0.369 e. The Kier molecular flexibility index (Phi) is 4.64. The van der Waals surface area contributed by atoms with Gasteiger partial charge in [0.15, 0.2) is 0 Å². The third-order valence-corrected chi connectivity index (χ3v) is 4.48. The normalized spacial score (nSPS) is 17.1. The Morgan fingerprint density at radius 1 is 1.38 bits per heavy atom. The lowest BCUT2D eigenvalue weighted by atomic mass is 10.1. The minimum Gasteiger partial charge on any atom is -0.369 e. The Morgan fingerprint density at radius 3 is 2.96 bits per heavy atom. The summed E-state index contributed by atoms with van der Waals surface area (Å²) in [6.45, 7) is 3.45. The monoisotopic (exact) mass is 326 g/mol. The predicted octanol–water partition coefficient (Wildman–Crippen LogP) is 1.81. The second-order valence-electron chi connectivity index (χ2n) is 6.15. The molecule has 24 heavy (non-hydrogen) atoms. The summed E-state index contributed by atoms with van der Waals surface area (Å²) in [5.74, 6) is -0.0538.